The van der Waals surface area contributed by atoms with Crippen LogP contribution in [0.4, 0.5) is 4.39 Å². The van der Waals surface area contributed by atoms with Crippen LogP contribution in [0.3, 0.4) is 0 Å². The van der Waals surface area contributed by atoms with Crippen LogP contribution >= 0.6 is 0 Å². The maximum absolute atomic E-state index is 13.1. The molecule has 3 rings (SSSR count). The van der Waals surface area contributed by atoms with Crippen molar-refractivity contribution in [3.05, 3.63) is 65.0 Å². The van der Waals surface area contributed by atoms with E-state index in [1.807, 2.05) is 12.1 Å². The number of nitrogens with one attached hydrogen (secondary N) is 1. The van der Waals surface area contributed by atoms with Crippen molar-refractivity contribution in [2.75, 3.05) is 0 Å². The SMILES string of the molecule is Oc1ccccc1C1NCc2cc(F)ccc21. The summed E-state index contributed by atoms with van der Waals surface area (Å²) in [6, 6.07) is 12.0. The average Bonchev–Trinajstić information content (AvgIpc) is 2.72. The van der Waals surface area contributed by atoms with E-state index in [1.54, 1.807) is 24.3 Å². The third kappa shape index (κ3) is 1.68. The summed E-state index contributed by atoms with van der Waals surface area (Å²) >= 11 is 0. The molecule has 1 atom stereocenters. The van der Waals surface area contributed by atoms with Crippen LogP contribution in [0, 0.1) is 5.82 Å². The van der Waals surface area contributed by atoms with Crippen LogP contribution in [0.5, 0.6) is 5.75 Å². The second-order valence-corrected chi connectivity index (χ2v) is 4.22. The number of phenolic OH excluding ortho intramolecular Hbond substituents is 1. The van der Waals surface area contributed by atoms with Gasteiger partial charge in [0.25, 0.3) is 0 Å². The molecule has 2 N–H and O–H groups in total. The Hall–Kier alpha value is -1.87. The Balaban J connectivity index is 2.07. The Labute approximate surface area is 98.7 Å². The van der Waals surface area contributed by atoms with Crippen molar-refractivity contribution in [3.63, 3.8) is 0 Å². The zero-order valence-electron chi connectivity index (χ0n) is 9.15. The first-order valence-electron chi connectivity index (χ1n) is 5.55. The Bertz CT molecular complexity index is 568. The lowest BCUT2D eigenvalue weighted by molar-refractivity contribution is 0.460. The second kappa shape index (κ2) is 3.86. The fourth-order valence-corrected chi connectivity index (χ4v) is 2.34. The molecular formula is C14H12FNO. The molecule has 1 aliphatic rings. The number of rotatable bonds is 1. The van der Waals surface area contributed by atoms with Gasteiger partial charge in [0.05, 0.1) is 6.04 Å². The highest BCUT2D eigenvalue weighted by Gasteiger charge is 2.25. The Morgan fingerprint density at radius 3 is 2.76 bits per heavy atom. The number of aromatic hydroxyl groups is 1. The zero-order chi connectivity index (χ0) is 11.8. The molecule has 1 unspecified atom stereocenters. The predicted molar refractivity (Wildman–Crippen MR) is 63.2 cm³/mol. The van der Waals surface area contributed by atoms with E-state index in [0.29, 0.717) is 6.54 Å². The number of para-hydroxylation sites is 1. The van der Waals surface area contributed by atoms with Crippen molar-refractivity contribution in [1.29, 1.82) is 0 Å². The van der Waals surface area contributed by atoms with Crippen molar-refractivity contribution in [3.8, 4) is 5.75 Å². The van der Waals surface area contributed by atoms with Gasteiger partial charge in [0.2, 0.25) is 0 Å². The fourth-order valence-electron chi connectivity index (χ4n) is 2.34. The van der Waals surface area contributed by atoms with Crippen molar-refractivity contribution >= 4 is 0 Å². The van der Waals surface area contributed by atoms with Gasteiger partial charge in [0.15, 0.2) is 0 Å². The van der Waals surface area contributed by atoms with E-state index in [2.05, 4.69) is 5.32 Å². The highest BCUT2D eigenvalue weighted by molar-refractivity contribution is 5.46. The van der Waals surface area contributed by atoms with Crippen LogP contribution in [0.1, 0.15) is 22.7 Å². The molecule has 1 aliphatic heterocycles. The standard InChI is InChI=1S/C14H12FNO/c15-10-5-6-11-9(7-10)8-16-14(11)12-3-1-2-4-13(12)17/h1-7,14,16-17H,8H2. The molecular weight excluding hydrogens is 217 g/mol. The molecule has 0 saturated heterocycles. The third-order valence-corrected chi connectivity index (χ3v) is 3.16. The van der Waals surface area contributed by atoms with Crippen LogP contribution in [0.25, 0.3) is 0 Å². The van der Waals surface area contributed by atoms with Gasteiger partial charge in [-0.05, 0) is 29.3 Å². The summed E-state index contributed by atoms with van der Waals surface area (Å²) in [5.74, 6) is 0.0469. The molecule has 0 fully saturated rings. The van der Waals surface area contributed by atoms with Crippen LogP contribution in [0.15, 0.2) is 42.5 Å². The topological polar surface area (TPSA) is 32.3 Å². The van der Waals surface area contributed by atoms with Crippen LogP contribution in [-0.4, -0.2) is 5.11 Å². The molecule has 0 amide bonds. The number of hydrogen-bond donors (Lipinski definition) is 2. The smallest absolute Gasteiger partial charge is 0.123 e. The lowest BCUT2D eigenvalue weighted by atomic mass is 9.98. The van der Waals surface area contributed by atoms with Gasteiger partial charge >= 0.3 is 0 Å². The van der Waals surface area contributed by atoms with E-state index in [9.17, 15) is 9.50 Å². The number of fused-ring (bicyclic) bond motifs is 1. The van der Waals surface area contributed by atoms with Gasteiger partial charge in [-0.1, -0.05) is 24.3 Å². The highest BCUT2D eigenvalue weighted by Crippen LogP contribution is 2.35. The minimum Gasteiger partial charge on any atom is -0.508 e. The second-order valence-electron chi connectivity index (χ2n) is 4.22. The van der Waals surface area contributed by atoms with Gasteiger partial charge in [0, 0.05) is 12.1 Å². The van der Waals surface area contributed by atoms with Crippen molar-refractivity contribution in [2.24, 2.45) is 0 Å². The minimum absolute atomic E-state index is 0.0493. The molecule has 86 valence electrons. The van der Waals surface area contributed by atoms with Crippen LogP contribution in [0.2, 0.25) is 0 Å². The molecule has 0 radical (unpaired) electrons. The maximum Gasteiger partial charge on any atom is 0.123 e. The summed E-state index contributed by atoms with van der Waals surface area (Å²) in [4.78, 5) is 0. The molecule has 0 saturated carbocycles. The lowest BCUT2D eigenvalue weighted by Crippen LogP contribution is -2.13. The zero-order valence-corrected chi connectivity index (χ0v) is 9.15. The fraction of sp³-hybridized carbons (Fsp3) is 0.143. The van der Waals surface area contributed by atoms with Crippen LogP contribution in [-0.2, 0) is 6.54 Å². The van der Waals surface area contributed by atoms with E-state index >= 15 is 0 Å². The van der Waals surface area contributed by atoms with E-state index in [4.69, 9.17) is 0 Å². The maximum atomic E-state index is 13.1. The lowest BCUT2D eigenvalue weighted by Gasteiger charge is -2.14. The van der Waals surface area contributed by atoms with Gasteiger partial charge in [0.1, 0.15) is 11.6 Å². The normalized spacial score (nSPS) is 18.1. The Morgan fingerprint density at radius 2 is 1.94 bits per heavy atom. The highest BCUT2D eigenvalue weighted by atomic mass is 19.1. The van der Waals surface area contributed by atoms with E-state index in [0.717, 1.165) is 16.7 Å². The molecule has 2 nitrogen and oxygen atoms in total. The van der Waals surface area contributed by atoms with Gasteiger partial charge in [-0.25, -0.2) is 4.39 Å². The summed E-state index contributed by atoms with van der Waals surface area (Å²) in [7, 11) is 0. The first-order chi connectivity index (χ1) is 8.25. The largest absolute Gasteiger partial charge is 0.508 e. The van der Waals surface area contributed by atoms with Gasteiger partial charge in [-0.15, -0.1) is 0 Å². The molecule has 3 heteroatoms. The van der Waals surface area contributed by atoms with Gasteiger partial charge < -0.3 is 10.4 Å². The summed E-state index contributed by atoms with van der Waals surface area (Å²) in [6.45, 7) is 0.631. The van der Waals surface area contributed by atoms with Crippen molar-refractivity contribution < 1.29 is 9.50 Å². The summed E-state index contributed by atoms with van der Waals surface area (Å²) in [6.07, 6.45) is 0. The monoisotopic (exact) mass is 229 g/mol. The van der Waals surface area contributed by atoms with Gasteiger partial charge in [-0.3, -0.25) is 0 Å². The minimum atomic E-state index is -0.219. The molecule has 2 aromatic carbocycles. The average molecular weight is 229 g/mol. The summed E-state index contributed by atoms with van der Waals surface area (Å²) < 4.78 is 13.1. The molecule has 0 aromatic heterocycles. The number of benzene rings is 2. The summed E-state index contributed by atoms with van der Waals surface area (Å²) in [5, 5.41) is 13.1. The van der Waals surface area contributed by atoms with Crippen molar-refractivity contribution in [2.45, 2.75) is 12.6 Å². The number of halogens is 1. The molecule has 17 heavy (non-hydrogen) atoms. The number of hydrogen-bond acceptors (Lipinski definition) is 2. The predicted octanol–water partition coefficient (Wildman–Crippen LogP) is 2.72. The third-order valence-electron chi connectivity index (χ3n) is 3.16. The first-order valence-corrected chi connectivity index (χ1v) is 5.55. The molecule has 0 bridgehead atoms. The summed E-state index contributed by atoms with van der Waals surface area (Å²) in [5.41, 5.74) is 2.82. The molecule has 0 aliphatic carbocycles. The van der Waals surface area contributed by atoms with E-state index in [-0.39, 0.29) is 17.6 Å². The molecule has 1 heterocycles. The quantitative estimate of drug-likeness (QED) is 0.788. The van der Waals surface area contributed by atoms with E-state index < -0.39 is 0 Å². The Kier molecular flexibility index (Phi) is 2.34. The first kappa shape index (κ1) is 10.3. The van der Waals surface area contributed by atoms with E-state index in [1.165, 1.54) is 6.07 Å². The van der Waals surface area contributed by atoms with Crippen molar-refractivity contribution in [1.82, 2.24) is 5.32 Å². The van der Waals surface area contributed by atoms with Crippen LogP contribution < -0.4 is 5.32 Å². The van der Waals surface area contributed by atoms with Gasteiger partial charge in [-0.2, -0.15) is 0 Å². The Morgan fingerprint density at radius 1 is 1.12 bits per heavy atom. The molecule has 0 spiro atoms. The number of phenols is 1. The molecule has 2 aromatic rings.